The van der Waals surface area contributed by atoms with Crippen molar-refractivity contribution in [1.82, 2.24) is 15.4 Å². The Morgan fingerprint density at radius 1 is 1.78 bits per heavy atom. The molecule has 0 saturated carbocycles. The largest absolute Gasteiger partial charge is 1.00 e. The van der Waals surface area contributed by atoms with E-state index in [1.165, 1.54) is 0 Å². The van der Waals surface area contributed by atoms with Crippen LogP contribution >= 0.6 is 0 Å². The van der Waals surface area contributed by atoms with Crippen LogP contribution in [0.3, 0.4) is 0 Å². The van der Waals surface area contributed by atoms with E-state index in [-0.39, 0.29) is 22.8 Å². The van der Waals surface area contributed by atoms with E-state index in [1.807, 2.05) is 0 Å². The summed E-state index contributed by atoms with van der Waals surface area (Å²) < 4.78 is 0. The Morgan fingerprint density at radius 3 is 2.67 bits per heavy atom. The minimum absolute atomic E-state index is 0. The summed E-state index contributed by atoms with van der Waals surface area (Å²) in [5.41, 5.74) is -0.176. The van der Waals surface area contributed by atoms with Crippen molar-refractivity contribution in [2.24, 2.45) is 0 Å². The molecule has 0 amide bonds. The first-order chi connectivity index (χ1) is 3.80. The second-order valence-corrected chi connectivity index (χ2v) is 1.15. The molecule has 0 saturated heterocycles. The van der Waals surface area contributed by atoms with Gasteiger partial charge in [0.05, 0.1) is 12.2 Å². The Morgan fingerprint density at radius 2 is 2.44 bits per heavy atom. The molecule has 0 spiro atoms. The molecule has 0 bridgehead atoms. The maximum Gasteiger partial charge on any atom is 1.00 e. The zero-order valence-electron chi connectivity index (χ0n) is 4.09. The van der Waals surface area contributed by atoms with Crippen LogP contribution in [0.1, 0.15) is 10.5 Å². The van der Waals surface area contributed by atoms with Crippen molar-refractivity contribution in [2.45, 2.75) is 0 Å². The van der Waals surface area contributed by atoms with Gasteiger partial charge in [0.15, 0.2) is 0 Å². The van der Waals surface area contributed by atoms with Gasteiger partial charge >= 0.3 is 17.1 Å². The molecule has 0 unspecified atom stereocenters. The van der Waals surface area contributed by atoms with Gasteiger partial charge in [-0.05, 0) is 0 Å². The number of carbonyl (C=O) groups excluding carboxylic acids is 1. The normalized spacial score (nSPS) is 8.00. The minimum atomic E-state index is -1.32. The Labute approximate surface area is 60.9 Å². The van der Waals surface area contributed by atoms with Crippen LogP contribution in [-0.4, -0.2) is 21.4 Å². The minimum Gasteiger partial charge on any atom is -0.543 e. The first kappa shape index (κ1) is 8.13. The number of rotatable bonds is 1. The van der Waals surface area contributed by atoms with Gasteiger partial charge in [-0.3, -0.25) is 5.10 Å². The fourth-order valence-corrected chi connectivity index (χ4v) is 0.301. The number of aromatic carboxylic acids is 1. The van der Waals surface area contributed by atoms with E-state index < -0.39 is 5.97 Å². The monoisotopic (exact) mass is 175 g/mol. The molecule has 5 nitrogen and oxygen atoms in total. The fourth-order valence-electron chi connectivity index (χ4n) is 0.301. The van der Waals surface area contributed by atoms with E-state index >= 15 is 0 Å². The third kappa shape index (κ3) is 1.83. The zero-order valence-corrected chi connectivity index (χ0v) is 5.03. The summed E-state index contributed by atoms with van der Waals surface area (Å²) in [5, 5.41) is 18.4. The summed E-state index contributed by atoms with van der Waals surface area (Å²) in [6, 6.07) is 0. The van der Waals surface area contributed by atoms with Crippen LogP contribution < -0.4 is 5.11 Å². The fraction of sp³-hybridized carbons (Fsp3) is 0. The van der Waals surface area contributed by atoms with Gasteiger partial charge in [0.1, 0.15) is 5.69 Å². The van der Waals surface area contributed by atoms with Crippen molar-refractivity contribution in [2.75, 3.05) is 0 Å². The number of nitrogens with zero attached hydrogens (tertiary/aromatic N) is 2. The topological polar surface area (TPSA) is 81.7 Å². The predicted molar refractivity (Wildman–Crippen MR) is 20.7 cm³/mol. The van der Waals surface area contributed by atoms with Gasteiger partial charge in [0, 0.05) is 0 Å². The Balaban J connectivity index is 0.000000640. The molecule has 1 N–H and O–H groups in total. The summed E-state index contributed by atoms with van der Waals surface area (Å²) >= 11 is 0. The average molecular weight is 176 g/mol. The van der Waals surface area contributed by atoms with Crippen LogP contribution in [0.25, 0.3) is 0 Å². The van der Waals surface area contributed by atoms with Gasteiger partial charge < -0.3 is 9.90 Å². The van der Waals surface area contributed by atoms with E-state index in [4.69, 9.17) is 0 Å². The van der Waals surface area contributed by atoms with Gasteiger partial charge in [0.25, 0.3) is 0 Å². The number of hydrogen-bond donors (Lipinski definition) is 1. The number of H-pyrrole nitrogens is 1. The van der Waals surface area contributed by atoms with Crippen molar-refractivity contribution in [3.8, 4) is 0 Å². The second-order valence-electron chi connectivity index (χ2n) is 1.15. The van der Waals surface area contributed by atoms with Crippen molar-refractivity contribution in [3.05, 3.63) is 11.9 Å². The van der Waals surface area contributed by atoms with Crippen molar-refractivity contribution < 1.29 is 27.0 Å². The molecule has 0 radical (unpaired) electrons. The standard InChI is InChI=1S/C3H3N3O2.Cu/c7-3(8)2-1-4-6-5-2;/h1H,(H,7,8)(H,4,5,6);/q;+1/p-1. The summed E-state index contributed by atoms with van der Waals surface area (Å²) in [6.07, 6.45) is 1.15. The van der Waals surface area contributed by atoms with E-state index in [2.05, 4.69) is 15.4 Å². The smallest absolute Gasteiger partial charge is 0.543 e. The molecule has 0 aliphatic heterocycles. The van der Waals surface area contributed by atoms with Crippen LogP contribution in [0.2, 0.25) is 0 Å². The number of carboxylic acid groups (broad SMARTS) is 1. The van der Waals surface area contributed by atoms with Crippen molar-refractivity contribution in [3.63, 3.8) is 0 Å². The van der Waals surface area contributed by atoms with Crippen LogP contribution in [0.15, 0.2) is 6.20 Å². The molecule has 1 rings (SSSR count). The SMILES string of the molecule is O=C([O-])c1c[nH]nn1.[Cu+]. The Kier molecular flexibility index (Phi) is 2.90. The van der Waals surface area contributed by atoms with Crippen molar-refractivity contribution in [1.29, 1.82) is 0 Å². The molecule has 6 heteroatoms. The molecule has 1 aromatic rings. The molecular formula is C3H2CuN3O2. The quantitative estimate of drug-likeness (QED) is 0.509. The third-order valence-electron chi connectivity index (χ3n) is 0.626. The maximum absolute atomic E-state index is 9.83. The molecule has 0 aliphatic carbocycles. The number of hydrogen-bond acceptors (Lipinski definition) is 4. The molecule has 0 fully saturated rings. The van der Waals surface area contributed by atoms with Gasteiger partial charge in [-0.2, -0.15) is 0 Å². The average Bonchev–Trinajstić information content (AvgIpc) is 2.12. The first-order valence-corrected chi connectivity index (χ1v) is 1.88. The van der Waals surface area contributed by atoms with Gasteiger partial charge in [-0.1, -0.05) is 5.21 Å². The number of nitrogens with one attached hydrogen (secondary N) is 1. The van der Waals surface area contributed by atoms with Gasteiger partial charge in [-0.25, -0.2) is 0 Å². The molecule has 0 aromatic carbocycles. The Bertz CT molecular complexity index is 185. The van der Waals surface area contributed by atoms with Crippen molar-refractivity contribution >= 4 is 5.97 Å². The molecule has 0 atom stereocenters. The molecule has 52 valence electrons. The number of aromatic nitrogens is 3. The molecule has 1 aromatic heterocycles. The molecule has 1 heterocycles. The number of aromatic amines is 1. The molecular weight excluding hydrogens is 174 g/mol. The summed E-state index contributed by atoms with van der Waals surface area (Å²) in [4.78, 5) is 9.83. The van der Waals surface area contributed by atoms with E-state index in [0.717, 1.165) is 6.20 Å². The predicted octanol–water partition coefficient (Wildman–Crippen LogP) is -1.83. The molecule has 9 heavy (non-hydrogen) atoms. The summed E-state index contributed by atoms with van der Waals surface area (Å²) in [5.74, 6) is -1.32. The van der Waals surface area contributed by atoms with Crippen LogP contribution in [0.5, 0.6) is 0 Å². The Hall–Kier alpha value is -0.871. The van der Waals surface area contributed by atoms with E-state index in [9.17, 15) is 9.90 Å². The number of carbonyl (C=O) groups is 1. The molecule has 0 aliphatic rings. The second kappa shape index (κ2) is 3.21. The van der Waals surface area contributed by atoms with Gasteiger partial charge in [0.2, 0.25) is 0 Å². The van der Waals surface area contributed by atoms with Crippen LogP contribution in [-0.2, 0) is 17.1 Å². The zero-order chi connectivity index (χ0) is 5.98. The number of carboxylic acids is 1. The van der Waals surface area contributed by atoms with Gasteiger partial charge in [-0.15, -0.1) is 5.10 Å². The van der Waals surface area contributed by atoms with E-state index in [0.29, 0.717) is 0 Å². The summed E-state index contributed by atoms with van der Waals surface area (Å²) in [7, 11) is 0. The third-order valence-corrected chi connectivity index (χ3v) is 0.626. The summed E-state index contributed by atoms with van der Waals surface area (Å²) in [6.45, 7) is 0. The van der Waals surface area contributed by atoms with Crippen LogP contribution in [0, 0.1) is 0 Å². The van der Waals surface area contributed by atoms with Crippen LogP contribution in [0.4, 0.5) is 0 Å². The first-order valence-electron chi connectivity index (χ1n) is 1.88. The maximum atomic E-state index is 9.83. The van der Waals surface area contributed by atoms with E-state index in [1.54, 1.807) is 0 Å².